The van der Waals surface area contributed by atoms with Crippen LogP contribution in [0.3, 0.4) is 0 Å². The molecule has 0 aromatic heterocycles. The van der Waals surface area contributed by atoms with Crippen molar-refractivity contribution in [2.24, 2.45) is 0 Å². The number of esters is 1. The number of halogens is 1. The summed E-state index contributed by atoms with van der Waals surface area (Å²) in [6.45, 7) is 1.12. The van der Waals surface area contributed by atoms with Gasteiger partial charge in [0.2, 0.25) is 5.60 Å². The normalized spacial score (nSPS) is 24.0. The fourth-order valence-electron chi connectivity index (χ4n) is 12.7. The lowest BCUT2D eigenvalue weighted by Crippen LogP contribution is -2.66. The first-order chi connectivity index (χ1) is 48.2. The minimum atomic E-state index is -2.45. The number of hydrogen-bond donors (Lipinski definition) is 1. The number of likely N-dealkylation sites (tertiary alicyclic amines) is 1. The SMILES string of the molecule is C[C@H]1O[C@@H](O[C@H]2[C@H](OCc3ccccc3)[C@@H](OCc3ccccc3)[C@@H](O[C@H]3[C@H](OCc4ccccc4)CN(C(=O)OC(=O)C(O)(c4ccccc4)c4ccccc4)[C@H]3CF)O[C@@H]2COCc2ccccc2)[C@H](OCc2ccccc2)[C@@H](OCc2ccccc2)[C@@H]1OCc1ccccc1. The average Bonchev–Trinajstić information content (AvgIpc) is 0.995. The van der Waals surface area contributed by atoms with E-state index in [0.29, 0.717) is 0 Å². The van der Waals surface area contributed by atoms with E-state index < -0.39 is 104 Å². The summed E-state index contributed by atoms with van der Waals surface area (Å²) < 4.78 is 100. The topological polar surface area (TPSA) is 168 Å². The standard InChI is InChI=1S/C81H82FNO15/c1-57-70(89-51-60-33-15-4-16-34-60)73(90-52-61-35-17-5-18-36-61)75(92-54-63-39-21-7-22-40-63)77(94-57)97-72-69(56-87-49-58-29-11-2-12-30-58)95-78(76(93-55-64-41-23-8-24-42-64)74(72)91-53-62-37-19-6-20-38-62)96-71-67(47-82)83(48-68(71)88-50-59-31-13-3-14-32-59)80(85)98-79(84)81(86,65-43-25-9-26-44-65)66-45-27-10-28-46-66/h2-46,57,67-78,86H,47-56H2,1H3/t57-,67+,68-,69-,70-,71-,72-,73+,74+,75-,76-,77+,78-/m1/s1. The van der Waals surface area contributed by atoms with Crippen LogP contribution in [0.15, 0.2) is 273 Å². The zero-order valence-electron chi connectivity index (χ0n) is 54.5. The van der Waals surface area contributed by atoms with Crippen LogP contribution in [0, 0.1) is 0 Å². The third kappa shape index (κ3) is 17.8. The number of rotatable bonds is 30. The predicted molar refractivity (Wildman–Crippen MR) is 363 cm³/mol. The molecule has 0 bridgehead atoms. The fourth-order valence-corrected chi connectivity index (χ4v) is 12.7. The van der Waals surface area contributed by atoms with E-state index in [9.17, 15) is 14.7 Å². The Bertz CT molecular complexity index is 3770. The number of benzene rings is 9. The molecule has 3 aliphatic rings. The third-order valence-corrected chi connectivity index (χ3v) is 17.8. The first kappa shape index (κ1) is 69.3. The Labute approximate surface area is 571 Å². The lowest BCUT2D eigenvalue weighted by Gasteiger charge is -2.50. The first-order valence-electron chi connectivity index (χ1n) is 33.3. The summed E-state index contributed by atoms with van der Waals surface area (Å²) in [7, 11) is 0. The van der Waals surface area contributed by atoms with Crippen molar-refractivity contribution in [1.29, 1.82) is 0 Å². The van der Waals surface area contributed by atoms with E-state index in [0.717, 1.165) is 43.8 Å². The molecule has 0 saturated carbocycles. The Morgan fingerprint density at radius 1 is 0.418 bits per heavy atom. The highest BCUT2D eigenvalue weighted by atomic mass is 19.1. The summed E-state index contributed by atoms with van der Waals surface area (Å²) in [4.78, 5) is 30.6. The monoisotopic (exact) mass is 1330 g/mol. The molecule has 98 heavy (non-hydrogen) atoms. The highest BCUT2D eigenvalue weighted by Crippen LogP contribution is 2.40. The molecule has 13 atom stereocenters. The summed E-state index contributed by atoms with van der Waals surface area (Å²) in [6.07, 6.45) is -14.0. The number of hydrogen-bond acceptors (Lipinski definition) is 15. The van der Waals surface area contributed by atoms with E-state index in [1.807, 2.05) is 219 Å². The number of carbonyl (C=O) groups is 2. The highest BCUT2D eigenvalue weighted by Gasteiger charge is 2.57. The maximum atomic E-state index is 16.6. The van der Waals surface area contributed by atoms with Crippen LogP contribution in [0.25, 0.3) is 0 Å². The molecule has 3 heterocycles. The van der Waals surface area contributed by atoms with E-state index in [2.05, 4.69) is 0 Å². The van der Waals surface area contributed by atoms with Gasteiger partial charge in [0.1, 0.15) is 61.6 Å². The summed E-state index contributed by atoms with van der Waals surface area (Å²) >= 11 is 0. The molecule has 17 heteroatoms. The Kier molecular flexibility index (Phi) is 24.6. The Morgan fingerprint density at radius 3 is 1.14 bits per heavy atom. The lowest BCUT2D eigenvalue weighted by atomic mass is 9.86. The van der Waals surface area contributed by atoms with Gasteiger partial charge in [-0.25, -0.2) is 14.0 Å². The maximum Gasteiger partial charge on any atom is 0.418 e. The molecule has 3 saturated heterocycles. The van der Waals surface area contributed by atoms with Crippen LogP contribution in [-0.2, 0) is 113 Å². The molecule has 3 aliphatic heterocycles. The number of ether oxygens (including phenoxy) is 12. The van der Waals surface area contributed by atoms with Gasteiger partial charge in [-0.3, -0.25) is 4.90 Å². The second-order valence-electron chi connectivity index (χ2n) is 24.6. The molecule has 3 fully saturated rings. The number of aliphatic hydroxyl groups is 1. The molecule has 0 unspecified atom stereocenters. The Morgan fingerprint density at radius 2 is 0.745 bits per heavy atom. The maximum absolute atomic E-state index is 16.6. The van der Waals surface area contributed by atoms with E-state index in [-0.39, 0.29) is 70.5 Å². The molecule has 0 radical (unpaired) electrons. The van der Waals surface area contributed by atoms with Crippen LogP contribution in [-0.4, -0.2) is 122 Å². The smallest absolute Gasteiger partial charge is 0.374 e. The first-order valence-corrected chi connectivity index (χ1v) is 33.3. The lowest BCUT2D eigenvalue weighted by molar-refractivity contribution is -0.379. The molecule has 1 amide bonds. The van der Waals surface area contributed by atoms with Gasteiger partial charge in [-0.1, -0.05) is 273 Å². The van der Waals surface area contributed by atoms with Gasteiger partial charge in [0.15, 0.2) is 12.6 Å². The van der Waals surface area contributed by atoms with Crippen LogP contribution in [0.1, 0.15) is 57.0 Å². The average molecular weight is 1330 g/mol. The number of alkyl halides is 1. The van der Waals surface area contributed by atoms with Crippen LogP contribution >= 0.6 is 0 Å². The van der Waals surface area contributed by atoms with Gasteiger partial charge in [-0.15, -0.1) is 0 Å². The zero-order valence-corrected chi connectivity index (χ0v) is 54.5. The van der Waals surface area contributed by atoms with Crippen LogP contribution < -0.4 is 0 Å². The molecule has 1 N–H and O–H groups in total. The minimum absolute atomic E-state index is 0.00880. The largest absolute Gasteiger partial charge is 0.418 e. The Hall–Kier alpha value is -8.63. The zero-order chi connectivity index (χ0) is 67.3. The van der Waals surface area contributed by atoms with Crippen molar-refractivity contribution < 1.29 is 75.9 Å². The summed E-state index contributed by atoms with van der Waals surface area (Å²) in [5.74, 6) is -1.30. The highest BCUT2D eigenvalue weighted by molar-refractivity contribution is 5.93. The van der Waals surface area contributed by atoms with Crippen LogP contribution in [0.4, 0.5) is 9.18 Å². The van der Waals surface area contributed by atoms with Crippen molar-refractivity contribution in [3.05, 3.63) is 323 Å². The van der Waals surface area contributed by atoms with Gasteiger partial charge in [-0.2, -0.15) is 0 Å². The van der Waals surface area contributed by atoms with Crippen molar-refractivity contribution in [3.63, 3.8) is 0 Å². The number of nitrogens with zero attached hydrogens (tertiary/aromatic N) is 1. The van der Waals surface area contributed by atoms with E-state index in [1.54, 1.807) is 60.7 Å². The third-order valence-electron chi connectivity index (χ3n) is 17.8. The molecule has 508 valence electrons. The molecule has 16 nitrogen and oxygen atoms in total. The number of carbonyl (C=O) groups excluding carboxylic acids is 2. The van der Waals surface area contributed by atoms with E-state index >= 15 is 4.39 Å². The van der Waals surface area contributed by atoms with E-state index in [1.165, 1.54) is 0 Å². The summed E-state index contributed by atoms with van der Waals surface area (Å²) in [5, 5.41) is 12.4. The fraction of sp³-hybridized carbons (Fsp3) is 0.309. The Balaban J connectivity index is 0.933. The quantitative estimate of drug-likeness (QED) is 0.0333. The molecule has 9 aromatic rings. The van der Waals surface area contributed by atoms with Crippen LogP contribution in [0.2, 0.25) is 0 Å². The second kappa shape index (κ2) is 34.7. The molecule has 12 rings (SSSR count). The van der Waals surface area contributed by atoms with Gasteiger partial charge in [0.05, 0.1) is 71.5 Å². The number of amides is 1. The second-order valence-corrected chi connectivity index (χ2v) is 24.6. The van der Waals surface area contributed by atoms with Gasteiger partial charge in [-0.05, 0) is 57.0 Å². The van der Waals surface area contributed by atoms with Crippen LogP contribution in [0.5, 0.6) is 0 Å². The van der Waals surface area contributed by atoms with E-state index in [4.69, 9.17) is 56.8 Å². The van der Waals surface area contributed by atoms with Crippen molar-refractivity contribution in [2.75, 3.05) is 19.8 Å². The van der Waals surface area contributed by atoms with Gasteiger partial charge in [0, 0.05) is 0 Å². The van der Waals surface area contributed by atoms with Crippen molar-refractivity contribution in [1.82, 2.24) is 4.90 Å². The molecule has 0 aliphatic carbocycles. The molecular formula is C81H82FNO15. The van der Waals surface area contributed by atoms with Gasteiger partial charge >= 0.3 is 12.1 Å². The minimum Gasteiger partial charge on any atom is -0.374 e. The van der Waals surface area contributed by atoms with Crippen molar-refractivity contribution in [2.45, 2.75) is 138 Å². The molecule has 9 aromatic carbocycles. The van der Waals surface area contributed by atoms with Gasteiger partial charge in [0.25, 0.3) is 0 Å². The molecular weight excluding hydrogens is 1250 g/mol. The predicted octanol–water partition coefficient (Wildman–Crippen LogP) is 13.2. The van der Waals surface area contributed by atoms with Gasteiger partial charge < -0.3 is 61.9 Å². The summed E-state index contributed by atoms with van der Waals surface area (Å²) in [6, 6.07) is 82.8. The molecule has 0 spiro atoms. The van der Waals surface area contributed by atoms with Crippen molar-refractivity contribution in [3.8, 4) is 0 Å². The summed E-state index contributed by atoms with van der Waals surface area (Å²) in [5.41, 5.74) is 3.92. The van der Waals surface area contributed by atoms with Crippen molar-refractivity contribution >= 4 is 12.1 Å².